The number of aromatic nitrogens is 1. The molecule has 225 valence electrons. The van der Waals surface area contributed by atoms with E-state index < -0.39 is 11.9 Å². The standard InChI is InChI=1S/C33H23N3O4.2ClH.Co.H2O/c37-32(38)26-18-9-7-16-24(26)30(22-12-3-1-4-13-22)35-28-20-11-21-29(34-28)36-31(23-14-5-2-6-15-23)25-17-8-10-19-27(25)33(39)40;;;;/h1-21H,(H,37,38)(H,39,40);2*1H;;1H2/q;;;+2;/p-2/b35-30+,36-31?;;;;. The van der Waals surface area contributed by atoms with E-state index in [9.17, 15) is 19.8 Å². The van der Waals surface area contributed by atoms with Gasteiger partial charge >= 0.3 is 36.9 Å². The first-order chi connectivity index (χ1) is 20.5. The number of rotatable bonds is 8. The van der Waals surface area contributed by atoms with Crippen LogP contribution in [-0.4, -0.2) is 44.0 Å². The third-order valence-corrected chi connectivity index (χ3v) is 6.09. The number of aromatic carboxylic acids is 2. The quantitative estimate of drug-likeness (QED) is 0.242. The molecule has 8 nitrogen and oxygen atoms in total. The summed E-state index contributed by atoms with van der Waals surface area (Å²) in [5, 5.41) is 19.6. The molecule has 0 radical (unpaired) electrons. The molecule has 5 rings (SSSR count). The maximum atomic E-state index is 12.0. The van der Waals surface area contributed by atoms with E-state index >= 15 is 0 Å². The second-order valence-electron chi connectivity index (χ2n) is 8.71. The molecule has 0 aliphatic rings. The van der Waals surface area contributed by atoms with E-state index in [2.05, 4.69) is 30.0 Å². The third kappa shape index (κ3) is 8.70. The summed E-state index contributed by atoms with van der Waals surface area (Å²) in [6, 6.07) is 37.1. The molecular formula is C33H25Cl2CoN3O5. The molecule has 1 aromatic heterocycles. The van der Waals surface area contributed by atoms with Crippen LogP contribution in [0.4, 0.5) is 11.6 Å². The molecule has 1 heterocycles. The average molecular weight is 673 g/mol. The molecule has 0 atom stereocenters. The molecule has 0 bridgehead atoms. The van der Waals surface area contributed by atoms with Crippen LogP contribution in [0, 0.1) is 0 Å². The van der Waals surface area contributed by atoms with Crippen molar-refractivity contribution in [3.05, 3.63) is 161 Å². The van der Waals surface area contributed by atoms with Crippen LogP contribution in [-0.2, 0) is 14.8 Å². The first kappa shape index (κ1) is 35.6. The van der Waals surface area contributed by atoms with Crippen LogP contribution in [0.5, 0.6) is 0 Å². The zero-order chi connectivity index (χ0) is 29.9. The van der Waals surface area contributed by atoms with Crippen LogP contribution < -0.4 is 12.4 Å². The van der Waals surface area contributed by atoms with Crippen molar-refractivity contribution in [1.82, 2.24) is 4.98 Å². The summed E-state index contributed by atoms with van der Waals surface area (Å²) in [6.45, 7) is 0. The van der Waals surface area contributed by atoms with E-state index in [0.717, 1.165) is 11.1 Å². The second kappa shape index (κ2) is 17.5. The predicted octanol–water partition coefficient (Wildman–Crippen LogP) is 3.68. The molecule has 11 heteroatoms. The van der Waals surface area contributed by atoms with E-state index in [0.29, 0.717) is 34.2 Å². The van der Waals surface area contributed by atoms with Gasteiger partial charge < -0.3 is 28.1 Å². The molecule has 0 saturated heterocycles. The van der Waals surface area contributed by atoms with Crippen LogP contribution in [0.15, 0.2) is 137 Å². The van der Waals surface area contributed by atoms with Gasteiger partial charge in [-0.05, 0) is 24.3 Å². The van der Waals surface area contributed by atoms with Gasteiger partial charge in [0.15, 0.2) is 11.6 Å². The SMILES string of the molecule is O.O=C(O)c1ccccc1C(=Nc1cccc(/N=C(\c2ccccc2)c2ccccc2C(=O)O)n1)c1ccccc1.[Cl-].[Cl][Co+]. The van der Waals surface area contributed by atoms with Crippen molar-refractivity contribution in [2.75, 3.05) is 0 Å². The Bertz CT molecular complexity index is 1640. The Labute approximate surface area is 272 Å². The summed E-state index contributed by atoms with van der Waals surface area (Å²) in [7, 11) is 4.33. The Morgan fingerprint density at radius 2 is 0.841 bits per heavy atom. The molecular weight excluding hydrogens is 648 g/mol. The van der Waals surface area contributed by atoms with E-state index in [4.69, 9.17) is 9.98 Å². The van der Waals surface area contributed by atoms with E-state index in [1.165, 1.54) is 12.1 Å². The van der Waals surface area contributed by atoms with Crippen LogP contribution in [0.25, 0.3) is 0 Å². The Balaban J connectivity index is 0.00000165. The van der Waals surface area contributed by atoms with Gasteiger partial charge in [0.05, 0.1) is 22.6 Å². The fourth-order valence-electron chi connectivity index (χ4n) is 4.27. The molecule has 0 fully saturated rings. The van der Waals surface area contributed by atoms with Gasteiger partial charge in [0, 0.05) is 22.3 Å². The van der Waals surface area contributed by atoms with Gasteiger partial charge in [-0.15, -0.1) is 0 Å². The molecule has 0 aliphatic heterocycles. The topological polar surface area (TPSA) is 144 Å². The van der Waals surface area contributed by atoms with Crippen LogP contribution in [0.3, 0.4) is 0 Å². The molecule has 5 aromatic rings. The maximum absolute atomic E-state index is 12.0. The van der Waals surface area contributed by atoms with Gasteiger partial charge in [-0.3, -0.25) is 0 Å². The molecule has 0 unspecified atom stereocenters. The number of pyridine rings is 1. The van der Waals surface area contributed by atoms with Crippen LogP contribution in [0.1, 0.15) is 43.0 Å². The van der Waals surface area contributed by atoms with Gasteiger partial charge in [0.2, 0.25) is 0 Å². The van der Waals surface area contributed by atoms with Gasteiger partial charge in [0.1, 0.15) is 0 Å². The number of aliphatic imine (C=N–C) groups is 2. The number of hydrogen-bond donors (Lipinski definition) is 2. The number of nitrogens with zero attached hydrogens (tertiary/aromatic N) is 3. The molecule has 44 heavy (non-hydrogen) atoms. The normalized spacial score (nSPS) is 10.8. The van der Waals surface area contributed by atoms with Gasteiger partial charge in [0.25, 0.3) is 0 Å². The molecule has 0 amide bonds. The number of carboxylic acids is 2. The number of hydrogen-bond acceptors (Lipinski definition) is 5. The summed E-state index contributed by atoms with van der Waals surface area (Å²) in [4.78, 5) is 38.2. The Morgan fingerprint density at radius 1 is 0.523 bits per heavy atom. The Hall–Kier alpha value is -4.64. The summed E-state index contributed by atoms with van der Waals surface area (Å²) < 4.78 is 0. The second-order valence-corrected chi connectivity index (χ2v) is 8.71. The van der Waals surface area contributed by atoms with Gasteiger partial charge in [-0.1, -0.05) is 103 Å². The fraction of sp³-hybridized carbons (Fsp3) is 0. The molecule has 0 spiro atoms. The van der Waals surface area contributed by atoms with Crippen molar-refractivity contribution in [2.24, 2.45) is 9.98 Å². The number of carboxylic acid groups (broad SMARTS) is 2. The molecule has 0 aliphatic carbocycles. The van der Waals surface area contributed by atoms with E-state index in [1.807, 2.05) is 60.7 Å². The molecule has 0 saturated carbocycles. The van der Waals surface area contributed by atoms with Crippen molar-refractivity contribution in [3.8, 4) is 0 Å². The van der Waals surface area contributed by atoms with Crippen molar-refractivity contribution >= 4 is 45.1 Å². The van der Waals surface area contributed by atoms with E-state index in [1.54, 1.807) is 54.6 Å². The molecule has 4 N–H and O–H groups in total. The first-order valence-electron chi connectivity index (χ1n) is 12.5. The summed E-state index contributed by atoms with van der Waals surface area (Å²) in [5.74, 6) is -1.48. The van der Waals surface area contributed by atoms with Gasteiger partial charge in [-0.2, -0.15) is 0 Å². The van der Waals surface area contributed by atoms with Gasteiger partial charge in [-0.25, -0.2) is 24.6 Å². The Kier molecular flexibility index (Phi) is 14.1. The Morgan fingerprint density at radius 3 is 1.18 bits per heavy atom. The van der Waals surface area contributed by atoms with Crippen LogP contribution in [0.2, 0.25) is 0 Å². The van der Waals surface area contributed by atoms with Crippen molar-refractivity contribution in [2.45, 2.75) is 0 Å². The van der Waals surface area contributed by atoms with E-state index in [-0.39, 0.29) is 29.0 Å². The van der Waals surface area contributed by atoms with Crippen molar-refractivity contribution in [1.29, 1.82) is 0 Å². The number of halogens is 2. The first-order valence-corrected chi connectivity index (χ1v) is 14.0. The molecule has 4 aromatic carbocycles. The summed E-state index contributed by atoms with van der Waals surface area (Å²) >= 11 is 3.03. The van der Waals surface area contributed by atoms with Crippen LogP contribution >= 0.6 is 10.1 Å². The zero-order valence-corrected chi connectivity index (χ0v) is 25.3. The number of benzene rings is 4. The average Bonchev–Trinajstić information content (AvgIpc) is 3.04. The van der Waals surface area contributed by atoms with Crippen molar-refractivity contribution < 1.29 is 52.5 Å². The minimum atomic E-state index is -1.06. The number of carbonyl (C=O) groups is 2. The summed E-state index contributed by atoms with van der Waals surface area (Å²) in [5.41, 5.74) is 3.51. The minimum absolute atomic E-state index is 0. The third-order valence-electron chi connectivity index (χ3n) is 6.09. The monoisotopic (exact) mass is 672 g/mol. The van der Waals surface area contributed by atoms with Crippen molar-refractivity contribution in [3.63, 3.8) is 0 Å². The fourth-order valence-corrected chi connectivity index (χ4v) is 4.27. The predicted molar refractivity (Wildman–Crippen MR) is 164 cm³/mol. The summed E-state index contributed by atoms with van der Waals surface area (Å²) in [6.07, 6.45) is 0. The zero-order valence-electron chi connectivity index (χ0n) is 22.8.